The second kappa shape index (κ2) is 16.4. The van der Waals surface area contributed by atoms with Gasteiger partial charge in [0.2, 0.25) is 17.7 Å². The predicted octanol–water partition coefficient (Wildman–Crippen LogP) is 3.61. The standard InChI is InChI=1S/C36H47N7O4/c1-3-32(44)39-30(36(47)42-22-20-41(21-23-42)25-27-10-6-5-7-11-27)24-26-14-16-29(17-15-26)38-35(46)33(28-12-8-9-13-28)40-34(45)31-18-19-37-43(31)4-2/h5-7,10-11,14-19,28,30,33H,3-4,8-9,12-13,20-25H2,1-2H3,(H,38,46)(H,39,44)(H,40,45)/t30?,33-/m0/s1. The van der Waals surface area contributed by atoms with Crippen molar-refractivity contribution in [2.24, 2.45) is 5.92 Å². The van der Waals surface area contributed by atoms with E-state index in [1.54, 1.807) is 36.0 Å². The molecule has 1 aliphatic carbocycles. The van der Waals surface area contributed by atoms with Gasteiger partial charge in [0.05, 0.1) is 0 Å². The van der Waals surface area contributed by atoms with Crippen LogP contribution in [0.15, 0.2) is 66.9 Å². The summed E-state index contributed by atoms with van der Waals surface area (Å²) in [4.78, 5) is 56.9. The summed E-state index contributed by atoms with van der Waals surface area (Å²) in [7, 11) is 0. The lowest BCUT2D eigenvalue weighted by molar-refractivity contribution is -0.138. The van der Waals surface area contributed by atoms with Crippen molar-refractivity contribution in [2.45, 2.75) is 77.5 Å². The minimum absolute atomic E-state index is 0.0605. The lowest BCUT2D eigenvalue weighted by Crippen LogP contribution is -2.55. The number of nitrogens with zero attached hydrogens (tertiary/aromatic N) is 4. The SMILES string of the molecule is CCC(=O)NC(Cc1ccc(NC(=O)[C@@H](NC(=O)c2ccnn2CC)C2CCCC2)cc1)C(=O)N1CCN(Cc2ccccc2)CC1. The van der Waals surface area contributed by atoms with E-state index in [0.29, 0.717) is 43.9 Å². The van der Waals surface area contributed by atoms with E-state index in [4.69, 9.17) is 0 Å². The first-order chi connectivity index (χ1) is 22.8. The van der Waals surface area contributed by atoms with Crippen LogP contribution in [-0.4, -0.2) is 81.5 Å². The van der Waals surface area contributed by atoms with Gasteiger partial charge < -0.3 is 20.9 Å². The normalized spacial score (nSPS) is 16.8. The van der Waals surface area contributed by atoms with E-state index in [1.165, 1.54) is 5.56 Å². The third kappa shape index (κ3) is 9.06. The average molecular weight is 642 g/mol. The van der Waals surface area contributed by atoms with Crippen molar-refractivity contribution >= 4 is 29.3 Å². The number of benzene rings is 2. The Kier molecular flexibility index (Phi) is 11.8. The zero-order chi connectivity index (χ0) is 33.2. The van der Waals surface area contributed by atoms with E-state index in [-0.39, 0.29) is 29.5 Å². The van der Waals surface area contributed by atoms with E-state index in [2.05, 4.69) is 38.1 Å². The highest BCUT2D eigenvalue weighted by molar-refractivity contribution is 6.00. The van der Waals surface area contributed by atoms with E-state index >= 15 is 0 Å². The van der Waals surface area contributed by atoms with Gasteiger partial charge >= 0.3 is 0 Å². The van der Waals surface area contributed by atoms with Crippen molar-refractivity contribution in [1.29, 1.82) is 0 Å². The smallest absolute Gasteiger partial charge is 0.270 e. The van der Waals surface area contributed by atoms with Crippen molar-refractivity contribution in [3.8, 4) is 0 Å². The number of carbonyl (C=O) groups is 4. The highest BCUT2D eigenvalue weighted by Gasteiger charge is 2.33. The van der Waals surface area contributed by atoms with Crippen LogP contribution in [0.4, 0.5) is 5.69 Å². The Labute approximate surface area is 277 Å². The molecule has 1 aliphatic heterocycles. The van der Waals surface area contributed by atoms with E-state index < -0.39 is 12.1 Å². The summed E-state index contributed by atoms with van der Waals surface area (Å²) in [5.41, 5.74) is 3.15. The van der Waals surface area contributed by atoms with Crippen LogP contribution in [-0.2, 0) is 33.9 Å². The van der Waals surface area contributed by atoms with Gasteiger partial charge in [0.1, 0.15) is 17.8 Å². The highest BCUT2D eigenvalue weighted by Crippen LogP contribution is 2.29. The summed E-state index contributed by atoms with van der Waals surface area (Å²) in [6, 6.07) is 18.0. The van der Waals surface area contributed by atoms with Crippen molar-refractivity contribution in [1.82, 2.24) is 30.2 Å². The average Bonchev–Trinajstić information content (AvgIpc) is 3.81. The number of anilines is 1. The van der Waals surface area contributed by atoms with Gasteiger partial charge in [-0.25, -0.2) is 0 Å². The number of aryl methyl sites for hydroxylation is 1. The molecule has 2 aromatic carbocycles. The summed E-state index contributed by atoms with van der Waals surface area (Å²) in [5, 5.41) is 13.1. The molecule has 5 rings (SSSR count). The van der Waals surface area contributed by atoms with Gasteiger partial charge in [-0.05, 0) is 55.0 Å². The number of amides is 4. The van der Waals surface area contributed by atoms with E-state index in [1.807, 2.05) is 42.2 Å². The first-order valence-electron chi connectivity index (χ1n) is 16.9. The Morgan fingerprint density at radius 3 is 2.21 bits per heavy atom. The van der Waals surface area contributed by atoms with Crippen LogP contribution < -0.4 is 16.0 Å². The van der Waals surface area contributed by atoms with Crippen LogP contribution in [0, 0.1) is 5.92 Å². The van der Waals surface area contributed by atoms with Crippen LogP contribution >= 0.6 is 0 Å². The number of carbonyl (C=O) groups excluding carboxylic acids is 4. The fourth-order valence-electron chi connectivity index (χ4n) is 6.55. The molecule has 2 atom stereocenters. The van der Waals surface area contributed by atoms with Gasteiger partial charge in [0.15, 0.2) is 0 Å². The molecule has 250 valence electrons. The number of nitrogens with one attached hydrogen (secondary N) is 3. The first kappa shape index (κ1) is 33.8. The molecule has 47 heavy (non-hydrogen) atoms. The van der Waals surface area contributed by atoms with Gasteiger partial charge in [-0.3, -0.25) is 28.8 Å². The molecular weight excluding hydrogens is 594 g/mol. The Bertz CT molecular complexity index is 1490. The zero-order valence-corrected chi connectivity index (χ0v) is 27.5. The van der Waals surface area contributed by atoms with Crippen molar-refractivity contribution < 1.29 is 19.2 Å². The van der Waals surface area contributed by atoms with Crippen LogP contribution in [0.3, 0.4) is 0 Å². The van der Waals surface area contributed by atoms with Gasteiger partial charge in [-0.1, -0.05) is 62.2 Å². The van der Waals surface area contributed by atoms with Crippen LogP contribution in [0.2, 0.25) is 0 Å². The number of rotatable bonds is 13. The minimum Gasteiger partial charge on any atom is -0.344 e. The molecule has 0 bridgehead atoms. The fraction of sp³-hybridized carbons (Fsp3) is 0.472. The number of aromatic nitrogens is 2. The third-order valence-electron chi connectivity index (χ3n) is 9.24. The molecule has 11 nitrogen and oxygen atoms in total. The molecule has 3 aromatic rings. The molecule has 2 aliphatic rings. The second-order valence-electron chi connectivity index (χ2n) is 12.5. The summed E-state index contributed by atoms with van der Waals surface area (Å²) >= 11 is 0. The maximum atomic E-state index is 13.6. The van der Waals surface area contributed by atoms with Gasteiger partial charge in [-0.2, -0.15) is 5.10 Å². The number of hydrogen-bond acceptors (Lipinski definition) is 6. The molecule has 1 saturated heterocycles. The van der Waals surface area contributed by atoms with E-state index in [9.17, 15) is 19.2 Å². The largest absolute Gasteiger partial charge is 0.344 e. The van der Waals surface area contributed by atoms with Crippen molar-refractivity contribution in [3.63, 3.8) is 0 Å². The molecule has 11 heteroatoms. The molecule has 2 fully saturated rings. The maximum Gasteiger partial charge on any atom is 0.270 e. The topological polar surface area (TPSA) is 129 Å². The van der Waals surface area contributed by atoms with Gasteiger partial charge in [0.25, 0.3) is 5.91 Å². The van der Waals surface area contributed by atoms with Gasteiger partial charge in [0, 0.05) is 64.0 Å². The summed E-state index contributed by atoms with van der Waals surface area (Å²) in [5.74, 6) is -0.755. The summed E-state index contributed by atoms with van der Waals surface area (Å²) in [6.45, 7) is 7.85. The third-order valence-corrected chi connectivity index (χ3v) is 9.24. The van der Waals surface area contributed by atoms with Crippen molar-refractivity contribution in [3.05, 3.63) is 83.7 Å². The summed E-state index contributed by atoms with van der Waals surface area (Å²) < 4.78 is 1.62. The molecular formula is C36H47N7O4. The van der Waals surface area contributed by atoms with Crippen LogP contribution in [0.1, 0.15) is 67.6 Å². The Balaban J connectivity index is 1.20. The van der Waals surface area contributed by atoms with Gasteiger partial charge in [-0.15, -0.1) is 0 Å². The summed E-state index contributed by atoms with van der Waals surface area (Å²) in [6.07, 6.45) is 6.04. The molecule has 1 aromatic heterocycles. The maximum absolute atomic E-state index is 13.6. The fourth-order valence-corrected chi connectivity index (χ4v) is 6.55. The Morgan fingerprint density at radius 2 is 1.55 bits per heavy atom. The molecule has 2 heterocycles. The lowest BCUT2D eigenvalue weighted by Gasteiger charge is -2.36. The zero-order valence-electron chi connectivity index (χ0n) is 27.5. The quantitative estimate of drug-likeness (QED) is 0.262. The minimum atomic E-state index is -0.679. The predicted molar refractivity (Wildman–Crippen MR) is 180 cm³/mol. The Hall–Kier alpha value is -4.51. The molecule has 3 N–H and O–H groups in total. The molecule has 0 radical (unpaired) electrons. The monoisotopic (exact) mass is 641 g/mol. The molecule has 1 saturated carbocycles. The van der Waals surface area contributed by atoms with Crippen LogP contribution in [0.25, 0.3) is 0 Å². The van der Waals surface area contributed by atoms with E-state index in [0.717, 1.165) is 50.9 Å². The lowest BCUT2D eigenvalue weighted by atomic mass is 9.96. The second-order valence-corrected chi connectivity index (χ2v) is 12.5. The molecule has 1 unspecified atom stereocenters. The molecule has 4 amide bonds. The highest BCUT2D eigenvalue weighted by atomic mass is 16.2. The van der Waals surface area contributed by atoms with Crippen molar-refractivity contribution in [2.75, 3.05) is 31.5 Å². The Morgan fingerprint density at radius 1 is 0.851 bits per heavy atom. The number of piperazine rings is 1. The first-order valence-corrected chi connectivity index (χ1v) is 16.9. The number of hydrogen-bond donors (Lipinski definition) is 3. The molecule has 0 spiro atoms. The van der Waals surface area contributed by atoms with Crippen LogP contribution in [0.5, 0.6) is 0 Å².